The fourth-order valence-electron chi connectivity index (χ4n) is 4.09. The number of likely N-dealkylation sites (tertiary alicyclic amines) is 1. The van der Waals surface area contributed by atoms with Gasteiger partial charge in [-0.1, -0.05) is 6.92 Å². The molecule has 0 spiro atoms. The highest BCUT2D eigenvalue weighted by Crippen LogP contribution is 2.44. The van der Waals surface area contributed by atoms with Gasteiger partial charge in [0, 0.05) is 31.7 Å². The number of hydrogen-bond donors (Lipinski definition) is 1. The van der Waals surface area contributed by atoms with Crippen LogP contribution in [0, 0.1) is 37.5 Å². The van der Waals surface area contributed by atoms with Gasteiger partial charge < -0.3 is 10.0 Å². The average molecular weight is 333 g/mol. The Bertz CT molecular complexity index is 663. The van der Waals surface area contributed by atoms with Crippen LogP contribution >= 0.6 is 0 Å². The first-order valence-electron chi connectivity index (χ1n) is 8.80. The minimum absolute atomic E-state index is 0.0760. The maximum absolute atomic E-state index is 12.8. The van der Waals surface area contributed by atoms with Gasteiger partial charge in [0.05, 0.1) is 11.6 Å². The van der Waals surface area contributed by atoms with Gasteiger partial charge in [-0.15, -0.1) is 0 Å². The summed E-state index contributed by atoms with van der Waals surface area (Å²) >= 11 is 0. The molecule has 2 heterocycles. The molecule has 1 aromatic rings. The smallest absolute Gasteiger partial charge is 0.308 e. The minimum Gasteiger partial charge on any atom is -0.481 e. The molecule has 1 amide bonds. The second kappa shape index (κ2) is 6.22. The molecule has 1 N–H and O–H groups in total. The summed E-state index contributed by atoms with van der Waals surface area (Å²) in [6, 6.07) is 0. The molecule has 132 valence electrons. The zero-order valence-electron chi connectivity index (χ0n) is 15.0. The van der Waals surface area contributed by atoms with Gasteiger partial charge >= 0.3 is 5.97 Å². The number of carboxylic acid groups (broad SMARTS) is 1. The van der Waals surface area contributed by atoms with Gasteiger partial charge in [-0.25, -0.2) is 0 Å². The Hall–Kier alpha value is -1.85. The van der Waals surface area contributed by atoms with E-state index in [9.17, 15) is 14.7 Å². The second-order valence-electron chi connectivity index (χ2n) is 7.57. The van der Waals surface area contributed by atoms with Crippen molar-refractivity contribution in [3.8, 4) is 0 Å². The third-order valence-electron chi connectivity index (χ3n) is 5.81. The lowest BCUT2D eigenvalue weighted by atomic mass is 9.92. The number of carbonyl (C=O) groups is 2. The van der Waals surface area contributed by atoms with Crippen LogP contribution in [-0.4, -0.2) is 44.8 Å². The van der Waals surface area contributed by atoms with Crippen LogP contribution in [0.4, 0.5) is 0 Å². The SMILES string of the molecule is Cc1nn(C)c(C)c1CC(C)C(=O)N1C[C@H](C(=O)O)[C@@H](C2CC2)C1. The third-order valence-corrected chi connectivity index (χ3v) is 5.81. The molecule has 1 aliphatic heterocycles. The molecular weight excluding hydrogens is 306 g/mol. The molecule has 0 bridgehead atoms. The molecule has 2 aliphatic rings. The van der Waals surface area contributed by atoms with Crippen molar-refractivity contribution < 1.29 is 14.7 Å². The van der Waals surface area contributed by atoms with Crippen LogP contribution in [-0.2, 0) is 23.1 Å². The number of aromatic nitrogens is 2. The average Bonchev–Trinajstić information content (AvgIpc) is 3.23. The van der Waals surface area contributed by atoms with Crippen molar-refractivity contribution >= 4 is 11.9 Å². The maximum Gasteiger partial charge on any atom is 0.308 e. The number of carbonyl (C=O) groups excluding carboxylic acids is 1. The number of nitrogens with zero attached hydrogens (tertiary/aromatic N) is 3. The molecule has 1 aromatic heterocycles. The zero-order valence-corrected chi connectivity index (χ0v) is 15.0. The van der Waals surface area contributed by atoms with Crippen molar-refractivity contribution in [3.05, 3.63) is 17.0 Å². The first-order valence-corrected chi connectivity index (χ1v) is 8.80. The van der Waals surface area contributed by atoms with Crippen LogP contribution in [0.1, 0.15) is 36.7 Å². The van der Waals surface area contributed by atoms with E-state index in [4.69, 9.17) is 0 Å². The van der Waals surface area contributed by atoms with E-state index in [0.29, 0.717) is 25.4 Å². The van der Waals surface area contributed by atoms with Crippen molar-refractivity contribution in [2.75, 3.05) is 13.1 Å². The highest BCUT2D eigenvalue weighted by Gasteiger charge is 2.47. The van der Waals surface area contributed by atoms with Gasteiger partial charge in [0.15, 0.2) is 0 Å². The number of aliphatic carboxylic acids is 1. The van der Waals surface area contributed by atoms with Gasteiger partial charge in [-0.3, -0.25) is 14.3 Å². The van der Waals surface area contributed by atoms with Crippen LogP contribution < -0.4 is 0 Å². The lowest BCUT2D eigenvalue weighted by Gasteiger charge is -2.21. The molecule has 6 nitrogen and oxygen atoms in total. The predicted molar refractivity (Wildman–Crippen MR) is 89.5 cm³/mol. The van der Waals surface area contributed by atoms with E-state index in [1.54, 1.807) is 4.90 Å². The van der Waals surface area contributed by atoms with Gasteiger partial charge in [0.1, 0.15) is 0 Å². The third kappa shape index (κ3) is 3.06. The second-order valence-corrected chi connectivity index (χ2v) is 7.57. The highest BCUT2D eigenvalue weighted by atomic mass is 16.4. The van der Waals surface area contributed by atoms with E-state index >= 15 is 0 Å². The van der Waals surface area contributed by atoms with E-state index in [2.05, 4.69) is 5.10 Å². The van der Waals surface area contributed by atoms with Crippen LogP contribution in [0.5, 0.6) is 0 Å². The molecule has 0 aromatic carbocycles. The maximum atomic E-state index is 12.8. The minimum atomic E-state index is -0.756. The predicted octanol–water partition coefficient (Wildman–Crippen LogP) is 1.78. The quantitative estimate of drug-likeness (QED) is 0.891. The topological polar surface area (TPSA) is 75.4 Å². The summed E-state index contributed by atoms with van der Waals surface area (Å²) in [6.45, 7) is 6.90. The van der Waals surface area contributed by atoms with Crippen molar-refractivity contribution in [3.63, 3.8) is 0 Å². The summed E-state index contributed by atoms with van der Waals surface area (Å²) < 4.78 is 1.85. The summed E-state index contributed by atoms with van der Waals surface area (Å²) in [4.78, 5) is 26.1. The largest absolute Gasteiger partial charge is 0.481 e. The van der Waals surface area contributed by atoms with Crippen LogP contribution in [0.15, 0.2) is 0 Å². The summed E-state index contributed by atoms with van der Waals surface area (Å²) in [7, 11) is 1.91. The standard InChI is InChI=1S/C18H27N3O3/c1-10(7-14-11(2)19-20(4)12(14)3)17(22)21-8-15(13-5-6-13)16(9-21)18(23)24/h10,13,15-16H,5-9H2,1-4H3,(H,23,24)/t10?,15-,16+/m1/s1. The summed E-state index contributed by atoms with van der Waals surface area (Å²) in [6.07, 6.45) is 2.88. The molecule has 0 radical (unpaired) electrons. The molecule has 3 rings (SSSR count). The lowest BCUT2D eigenvalue weighted by Crippen LogP contribution is -2.35. The van der Waals surface area contributed by atoms with Crippen LogP contribution in [0.25, 0.3) is 0 Å². The molecule has 24 heavy (non-hydrogen) atoms. The number of rotatable bonds is 5. The Morgan fingerprint density at radius 1 is 1.29 bits per heavy atom. The highest BCUT2D eigenvalue weighted by molar-refractivity contribution is 5.81. The van der Waals surface area contributed by atoms with Gasteiger partial charge in [-0.2, -0.15) is 5.10 Å². The Morgan fingerprint density at radius 3 is 2.46 bits per heavy atom. The van der Waals surface area contributed by atoms with Gasteiger partial charge in [0.25, 0.3) is 0 Å². The number of carboxylic acids is 1. The first kappa shape index (κ1) is 17.0. The molecule has 1 aliphatic carbocycles. The molecule has 6 heteroatoms. The molecular formula is C18H27N3O3. The summed E-state index contributed by atoms with van der Waals surface area (Å²) in [5, 5.41) is 13.9. The van der Waals surface area contributed by atoms with E-state index in [-0.39, 0.29) is 17.7 Å². The van der Waals surface area contributed by atoms with Crippen LogP contribution in [0.2, 0.25) is 0 Å². The molecule has 1 saturated heterocycles. The van der Waals surface area contributed by atoms with E-state index in [1.165, 1.54) is 0 Å². The van der Waals surface area contributed by atoms with E-state index < -0.39 is 11.9 Å². The molecule has 1 saturated carbocycles. The van der Waals surface area contributed by atoms with Crippen LogP contribution in [0.3, 0.4) is 0 Å². The van der Waals surface area contributed by atoms with Gasteiger partial charge in [0.2, 0.25) is 5.91 Å². The molecule has 3 atom stereocenters. The Balaban J connectivity index is 1.68. The van der Waals surface area contributed by atoms with Gasteiger partial charge in [-0.05, 0) is 50.5 Å². The fraction of sp³-hybridized carbons (Fsp3) is 0.722. The number of amides is 1. The van der Waals surface area contributed by atoms with Crippen molar-refractivity contribution in [1.29, 1.82) is 0 Å². The normalized spacial score (nSPS) is 25.1. The summed E-state index contributed by atoms with van der Waals surface area (Å²) in [5.74, 6) is -0.585. The molecule has 1 unspecified atom stereocenters. The van der Waals surface area contributed by atoms with E-state index in [0.717, 1.165) is 29.8 Å². The first-order chi connectivity index (χ1) is 11.3. The number of aryl methyl sites for hydroxylation is 2. The van der Waals surface area contributed by atoms with Crippen molar-refractivity contribution in [1.82, 2.24) is 14.7 Å². The van der Waals surface area contributed by atoms with E-state index in [1.807, 2.05) is 32.5 Å². The Kier molecular flexibility index (Phi) is 4.40. The Morgan fingerprint density at radius 2 is 1.96 bits per heavy atom. The molecule has 2 fully saturated rings. The zero-order chi connectivity index (χ0) is 17.6. The Labute approximate surface area is 142 Å². The van der Waals surface area contributed by atoms with Crippen molar-refractivity contribution in [2.45, 2.75) is 40.0 Å². The monoisotopic (exact) mass is 333 g/mol. The lowest BCUT2D eigenvalue weighted by molar-refractivity contribution is -0.143. The number of hydrogen-bond acceptors (Lipinski definition) is 3. The van der Waals surface area contributed by atoms with Crippen molar-refractivity contribution in [2.24, 2.45) is 30.7 Å². The summed E-state index contributed by atoms with van der Waals surface area (Å²) in [5.41, 5.74) is 3.19. The fourth-order valence-corrected chi connectivity index (χ4v) is 4.09.